The molecule has 0 saturated heterocycles. The second-order valence-corrected chi connectivity index (χ2v) is 3.98. The Labute approximate surface area is 64.9 Å². The third kappa shape index (κ3) is 0.976. The lowest BCUT2D eigenvalue weighted by molar-refractivity contribution is 1.01. The minimum absolute atomic E-state index is 0.457. The molecular weight excluding hydrogens is 142 g/mol. The molecular formula is C8H11NS. The zero-order valence-electron chi connectivity index (χ0n) is 6.00. The first-order chi connectivity index (χ1) is 4.77. The van der Waals surface area contributed by atoms with E-state index in [1.807, 2.05) is 11.3 Å². The molecule has 2 heteroatoms. The topological polar surface area (TPSA) is 26.0 Å². The average Bonchev–Trinajstić information content (AvgIpc) is 2.42. The van der Waals surface area contributed by atoms with Gasteiger partial charge in [0.1, 0.15) is 0 Å². The van der Waals surface area contributed by atoms with Crippen LogP contribution >= 0.6 is 11.3 Å². The number of rotatable bonds is 1. The monoisotopic (exact) mass is 153 g/mol. The molecule has 0 amide bonds. The van der Waals surface area contributed by atoms with Crippen LogP contribution < -0.4 is 5.73 Å². The number of nitrogens with two attached hydrogens (primary N) is 1. The Kier molecular flexibility index (Phi) is 1.32. The fourth-order valence-corrected chi connectivity index (χ4v) is 2.28. The summed E-state index contributed by atoms with van der Waals surface area (Å²) in [5.74, 6) is 0.693. The maximum Gasteiger partial charge on any atom is 0.0123 e. The van der Waals surface area contributed by atoms with Gasteiger partial charge in [0.25, 0.3) is 0 Å². The van der Waals surface area contributed by atoms with E-state index in [0.717, 1.165) is 0 Å². The molecule has 1 nitrogen and oxygen atoms in total. The van der Waals surface area contributed by atoms with Gasteiger partial charge in [-0.1, -0.05) is 0 Å². The third-order valence-electron chi connectivity index (χ3n) is 1.96. The largest absolute Gasteiger partial charge is 0.327 e. The van der Waals surface area contributed by atoms with Crippen LogP contribution in [0.1, 0.15) is 22.8 Å². The van der Waals surface area contributed by atoms with E-state index in [1.165, 1.54) is 16.9 Å². The molecule has 1 fully saturated rings. The van der Waals surface area contributed by atoms with Gasteiger partial charge in [-0.05, 0) is 30.4 Å². The van der Waals surface area contributed by atoms with Crippen LogP contribution in [0, 0.1) is 6.92 Å². The SMILES string of the molecule is Cc1csc(C2CC2N)c1. The van der Waals surface area contributed by atoms with Crippen molar-refractivity contribution >= 4 is 11.3 Å². The van der Waals surface area contributed by atoms with E-state index >= 15 is 0 Å². The van der Waals surface area contributed by atoms with Gasteiger partial charge in [-0.15, -0.1) is 11.3 Å². The smallest absolute Gasteiger partial charge is 0.0123 e. The van der Waals surface area contributed by atoms with E-state index in [0.29, 0.717) is 12.0 Å². The van der Waals surface area contributed by atoms with Crippen molar-refractivity contribution in [2.75, 3.05) is 0 Å². The Morgan fingerprint density at radius 2 is 2.40 bits per heavy atom. The second kappa shape index (κ2) is 2.07. The summed E-state index contributed by atoms with van der Waals surface area (Å²) in [6, 6.07) is 2.71. The standard InChI is InChI=1S/C8H11NS/c1-5-2-8(10-4-5)6-3-7(6)9/h2,4,6-7H,3,9H2,1H3. The molecule has 1 aromatic heterocycles. The van der Waals surface area contributed by atoms with E-state index < -0.39 is 0 Å². The minimum atomic E-state index is 0.457. The molecule has 2 rings (SSSR count). The fraction of sp³-hybridized carbons (Fsp3) is 0.500. The third-order valence-corrected chi connectivity index (χ3v) is 3.14. The van der Waals surface area contributed by atoms with E-state index in [9.17, 15) is 0 Å². The van der Waals surface area contributed by atoms with Crippen LogP contribution in [0.2, 0.25) is 0 Å². The molecule has 0 bridgehead atoms. The molecule has 2 atom stereocenters. The minimum Gasteiger partial charge on any atom is -0.327 e. The molecule has 0 spiro atoms. The molecule has 2 unspecified atom stereocenters. The lowest BCUT2D eigenvalue weighted by atomic mass is 10.3. The maximum absolute atomic E-state index is 5.71. The first-order valence-corrected chi connectivity index (χ1v) is 4.46. The van der Waals surface area contributed by atoms with Crippen molar-refractivity contribution in [3.05, 3.63) is 21.9 Å². The van der Waals surface area contributed by atoms with Crippen molar-refractivity contribution in [1.82, 2.24) is 0 Å². The van der Waals surface area contributed by atoms with Crippen LogP contribution in [-0.4, -0.2) is 6.04 Å². The fourth-order valence-electron chi connectivity index (χ4n) is 1.19. The molecule has 10 heavy (non-hydrogen) atoms. The van der Waals surface area contributed by atoms with Crippen molar-refractivity contribution < 1.29 is 0 Å². The zero-order chi connectivity index (χ0) is 7.14. The highest BCUT2D eigenvalue weighted by atomic mass is 32.1. The van der Waals surface area contributed by atoms with Gasteiger partial charge in [0.2, 0.25) is 0 Å². The first kappa shape index (κ1) is 6.38. The molecule has 1 aliphatic rings. The summed E-state index contributed by atoms with van der Waals surface area (Å²) in [5, 5.41) is 2.19. The van der Waals surface area contributed by atoms with E-state index in [4.69, 9.17) is 5.73 Å². The molecule has 1 aliphatic carbocycles. The van der Waals surface area contributed by atoms with Gasteiger partial charge in [-0.3, -0.25) is 0 Å². The number of thiophene rings is 1. The van der Waals surface area contributed by atoms with Crippen LogP contribution in [0.5, 0.6) is 0 Å². The molecule has 1 heterocycles. The summed E-state index contributed by atoms with van der Waals surface area (Å²) in [7, 11) is 0. The first-order valence-electron chi connectivity index (χ1n) is 3.58. The van der Waals surface area contributed by atoms with Gasteiger partial charge < -0.3 is 5.73 Å². The lowest BCUT2D eigenvalue weighted by Gasteiger charge is -1.87. The van der Waals surface area contributed by atoms with E-state index in [-0.39, 0.29) is 0 Å². The van der Waals surface area contributed by atoms with Crippen molar-refractivity contribution in [2.45, 2.75) is 25.3 Å². The normalized spacial score (nSPS) is 30.6. The van der Waals surface area contributed by atoms with Gasteiger partial charge >= 0.3 is 0 Å². The highest BCUT2D eigenvalue weighted by Gasteiger charge is 2.35. The summed E-state index contributed by atoms with van der Waals surface area (Å²) in [6.07, 6.45) is 1.19. The van der Waals surface area contributed by atoms with Crippen molar-refractivity contribution in [3.63, 3.8) is 0 Å². The number of aryl methyl sites for hydroxylation is 1. The Morgan fingerprint density at radius 3 is 2.80 bits per heavy atom. The summed E-state index contributed by atoms with van der Waals surface area (Å²) in [6.45, 7) is 2.13. The van der Waals surface area contributed by atoms with Crippen LogP contribution in [0.25, 0.3) is 0 Å². The quantitative estimate of drug-likeness (QED) is 0.655. The van der Waals surface area contributed by atoms with Crippen LogP contribution in [0.3, 0.4) is 0 Å². The molecule has 0 radical (unpaired) electrons. The van der Waals surface area contributed by atoms with E-state index in [2.05, 4.69) is 18.4 Å². The molecule has 0 aliphatic heterocycles. The van der Waals surface area contributed by atoms with Gasteiger partial charge in [0.15, 0.2) is 0 Å². The predicted molar refractivity (Wildman–Crippen MR) is 44.4 cm³/mol. The Bertz CT molecular complexity index is 241. The molecule has 54 valence electrons. The number of hydrogen-bond acceptors (Lipinski definition) is 2. The Balaban J connectivity index is 2.20. The lowest BCUT2D eigenvalue weighted by Crippen LogP contribution is -1.99. The molecule has 2 N–H and O–H groups in total. The number of hydrogen-bond donors (Lipinski definition) is 1. The summed E-state index contributed by atoms with van der Waals surface area (Å²) >= 11 is 1.84. The Hall–Kier alpha value is -0.340. The van der Waals surface area contributed by atoms with Crippen LogP contribution in [0.4, 0.5) is 0 Å². The van der Waals surface area contributed by atoms with Gasteiger partial charge in [-0.2, -0.15) is 0 Å². The predicted octanol–water partition coefficient (Wildman–Crippen LogP) is 1.87. The summed E-state index contributed by atoms with van der Waals surface area (Å²) < 4.78 is 0. The highest BCUT2D eigenvalue weighted by molar-refractivity contribution is 7.10. The van der Waals surface area contributed by atoms with Crippen LogP contribution in [-0.2, 0) is 0 Å². The van der Waals surface area contributed by atoms with Crippen molar-refractivity contribution in [1.29, 1.82) is 0 Å². The highest BCUT2D eigenvalue weighted by Crippen LogP contribution is 2.41. The van der Waals surface area contributed by atoms with Gasteiger partial charge in [0.05, 0.1) is 0 Å². The average molecular weight is 153 g/mol. The van der Waals surface area contributed by atoms with Gasteiger partial charge in [0, 0.05) is 16.8 Å². The maximum atomic E-state index is 5.71. The van der Waals surface area contributed by atoms with E-state index in [1.54, 1.807) is 0 Å². The second-order valence-electron chi connectivity index (χ2n) is 3.03. The zero-order valence-corrected chi connectivity index (χ0v) is 6.82. The molecule has 1 saturated carbocycles. The summed E-state index contributed by atoms with van der Waals surface area (Å²) in [4.78, 5) is 1.48. The summed E-state index contributed by atoms with van der Waals surface area (Å²) in [5.41, 5.74) is 7.09. The van der Waals surface area contributed by atoms with Crippen molar-refractivity contribution in [3.8, 4) is 0 Å². The van der Waals surface area contributed by atoms with Gasteiger partial charge in [-0.25, -0.2) is 0 Å². The van der Waals surface area contributed by atoms with Crippen molar-refractivity contribution in [2.24, 2.45) is 5.73 Å². The Morgan fingerprint density at radius 1 is 1.70 bits per heavy atom. The van der Waals surface area contributed by atoms with Crippen LogP contribution in [0.15, 0.2) is 11.4 Å². The molecule has 0 aromatic carbocycles. The molecule has 1 aromatic rings.